The monoisotopic (exact) mass is 382 g/mol. The number of hydrogen-bond acceptors (Lipinski definition) is 4. The Morgan fingerprint density at radius 3 is 2.46 bits per heavy atom. The van der Waals surface area contributed by atoms with Crippen molar-refractivity contribution >= 4 is 21.7 Å². The first-order chi connectivity index (χ1) is 11.4. The van der Waals surface area contributed by atoms with E-state index < -0.39 is 0 Å². The zero-order valence-corrected chi connectivity index (χ0v) is 15.5. The number of hydrogen-bond donors (Lipinski definition) is 1. The number of aromatic nitrogens is 3. The molecule has 4 nitrogen and oxygen atoms in total. The van der Waals surface area contributed by atoms with Crippen molar-refractivity contribution in [3.8, 4) is 22.5 Å². The van der Waals surface area contributed by atoms with Gasteiger partial charge >= 0.3 is 0 Å². The molecular weight excluding hydrogens is 364 g/mol. The van der Waals surface area contributed by atoms with Gasteiger partial charge in [-0.15, -0.1) is 0 Å². The second-order valence-corrected chi connectivity index (χ2v) is 7.52. The van der Waals surface area contributed by atoms with Gasteiger partial charge in [-0.25, -0.2) is 4.98 Å². The van der Waals surface area contributed by atoms with E-state index in [-0.39, 0.29) is 5.54 Å². The highest BCUT2D eigenvalue weighted by Crippen LogP contribution is 2.29. The number of anilines is 1. The van der Waals surface area contributed by atoms with Crippen LogP contribution in [0.15, 0.2) is 59.5 Å². The molecule has 0 saturated heterocycles. The minimum absolute atomic E-state index is 0.0808. The predicted octanol–water partition coefficient (Wildman–Crippen LogP) is 5.18. The van der Waals surface area contributed by atoms with Gasteiger partial charge in [0, 0.05) is 34.2 Å². The molecule has 24 heavy (non-hydrogen) atoms. The predicted molar refractivity (Wildman–Crippen MR) is 102 cm³/mol. The summed E-state index contributed by atoms with van der Waals surface area (Å²) in [7, 11) is 0. The Labute approximate surface area is 150 Å². The van der Waals surface area contributed by atoms with Gasteiger partial charge in [0.2, 0.25) is 0 Å². The Morgan fingerprint density at radius 1 is 0.958 bits per heavy atom. The van der Waals surface area contributed by atoms with E-state index >= 15 is 0 Å². The third-order valence-electron chi connectivity index (χ3n) is 3.29. The molecule has 0 amide bonds. The van der Waals surface area contributed by atoms with Gasteiger partial charge in [0.1, 0.15) is 5.82 Å². The average Bonchev–Trinajstić information content (AvgIpc) is 2.54. The van der Waals surface area contributed by atoms with E-state index in [2.05, 4.69) is 52.0 Å². The Hall–Kier alpha value is -2.27. The fourth-order valence-corrected chi connectivity index (χ4v) is 2.73. The van der Waals surface area contributed by atoms with Crippen LogP contribution in [0.2, 0.25) is 0 Å². The average molecular weight is 383 g/mol. The van der Waals surface area contributed by atoms with Gasteiger partial charge in [-0.3, -0.25) is 9.97 Å². The van der Waals surface area contributed by atoms with Crippen LogP contribution in [0.5, 0.6) is 0 Å². The lowest BCUT2D eigenvalue weighted by Gasteiger charge is -2.22. The van der Waals surface area contributed by atoms with Gasteiger partial charge in [-0.05, 0) is 72.6 Å². The Morgan fingerprint density at radius 2 is 1.79 bits per heavy atom. The van der Waals surface area contributed by atoms with Crippen molar-refractivity contribution < 1.29 is 0 Å². The minimum atomic E-state index is -0.0808. The van der Waals surface area contributed by atoms with Crippen molar-refractivity contribution in [3.05, 3.63) is 59.5 Å². The van der Waals surface area contributed by atoms with Gasteiger partial charge in [0.15, 0.2) is 0 Å². The molecule has 3 aromatic heterocycles. The second kappa shape index (κ2) is 6.69. The first-order valence-electron chi connectivity index (χ1n) is 7.73. The number of pyridine rings is 3. The van der Waals surface area contributed by atoms with E-state index in [0.29, 0.717) is 0 Å². The molecule has 3 aromatic rings. The number of rotatable bonds is 3. The molecular formula is C19H19BrN4. The zero-order valence-electron chi connectivity index (χ0n) is 13.9. The molecule has 0 aromatic carbocycles. The lowest BCUT2D eigenvalue weighted by atomic mass is 10.1. The fraction of sp³-hybridized carbons (Fsp3) is 0.211. The van der Waals surface area contributed by atoms with Crippen molar-refractivity contribution in [2.45, 2.75) is 26.3 Å². The van der Waals surface area contributed by atoms with E-state index in [0.717, 1.165) is 32.8 Å². The van der Waals surface area contributed by atoms with Gasteiger partial charge in [-0.2, -0.15) is 0 Å². The third-order valence-corrected chi connectivity index (χ3v) is 3.73. The van der Waals surface area contributed by atoms with Crippen molar-refractivity contribution in [2.75, 3.05) is 5.32 Å². The van der Waals surface area contributed by atoms with Crippen LogP contribution in [0.1, 0.15) is 20.8 Å². The van der Waals surface area contributed by atoms with Gasteiger partial charge in [0.25, 0.3) is 0 Å². The van der Waals surface area contributed by atoms with Crippen molar-refractivity contribution in [3.63, 3.8) is 0 Å². The molecule has 0 unspecified atom stereocenters. The SMILES string of the molecule is CC(C)(C)Nc1cc(-c2cncc(Br)c2)cc(-c2ccccn2)n1. The normalized spacial score (nSPS) is 11.3. The molecule has 0 bridgehead atoms. The van der Waals surface area contributed by atoms with E-state index in [9.17, 15) is 0 Å². The second-order valence-electron chi connectivity index (χ2n) is 6.61. The summed E-state index contributed by atoms with van der Waals surface area (Å²) in [6, 6.07) is 12.0. The van der Waals surface area contributed by atoms with Crippen LogP contribution in [-0.4, -0.2) is 20.5 Å². The Balaban J connectivity index is 2.13. The largest absolute Gasteiger partial charge is 0.365 e. The van der Waals surface area contributed by atoms with Gasteiger partial charge in [-0.1, -0.05) is 6.07 Å². The molecule has 0 fully saturated rings. The minimum Gasteiger partial charge on any atom is -0.365 e. The van der Waals surface area contributed by atoms with Crippen LogP contribution in [-0.2, 0) is 0 Å². The summed E-state index contributed by atoms with van der Waals surface area (Å²) < 4.78 is 0.946. The number of halogens is 1. The van der Waals surface area contributed by atoms with Crippen LogP contribution in [0.3, 0.4) is 0 Å². The summed E-state index contributed by atoms with van der Waals surface area (Å²) in [6.45, 7) is 6.34. The maximum atomic E-state index is 4.73. The third kappa shape index (κ3) is 4.17. The molecule has 122 valence electrons. The first kappa shape index (κ1) is 16.6. The quantitative estimate of drug-likeness (QED) is 0.677. The summed E-state index contributed by atoms with van der Waals surface area (Å²) in [4.78, 5) is 13.4. The molecule has 0 aliphatic rings. The van der Waals surface area contributed by atoms with E-state index in [1.807, 2.05) is 42.6 Å². The highest BCUT2D eigenvalue weighted by atomic mass is 79.9. The lowest BCUT2D eigenvalue weighted by molar-refractivity contribution is 0.630. The molecule has 0 saturated carbocycles. The molecule has 0 aliphatic carbocycles. The molecule has 1 N–H and O–H groups in total. The van der Waals surface area contributed by atoms with E-state index in [4.69, 9.17) is 4.98 Å². The highest BCUT2D eigenvalue weighted by Gasteiger charge is 2.13. The number of nitrogens with zero attached hydrogens (tertiary/aromatic N) is 3. The number of nitrogens with one attached hydrogen (secondary N) is 1. The van der Waals surface area contributed by atoms with Crippen LogP contribution in [0.25, 0.3) is 22.5 Å². The summed E-state index contributed by atoms with van der Waals surface area (Å²) in [5.41, 5.74) is 3.67. The van der Waals surface area contributed by atoms with Crippen LogP contribution in [0, 0.1) is 0 Å². The van der Waals surface area contributed by atoms with Crippen molar-refractivity contribution in [2.24, 2.45) is 0 Å². The highest BCUT2D eigenvalue weighted by molar-refractivity contribution is 9.10. The molecule has 0 atom stereocenters. The Bertz CT molecular complexity index is 841. The summed E-state index contributed by atoms with van der Waals surface area (Å²) >= 11 is 3.48. The topological polar surface area (TPSA) is 50.7 Å². The first-order valence-corrected chi connectivity index (χ1v) is 8.53. The maximum absolute atomic E-state index is 4.73. The van der Waals surface area contributed by atoms with Crippen LogP contribution >= 0.6 is 15.9 Å². The summed E-state index contributed by atoms with van der Waals surface area (Å²) in [5, 5.41) is 3.45. The summed E-state index contributed by atoms with van der Waals surface area (Å²) in [5.74, 6) is 0.820. The van der Waals surface area contributed by atoms with Crippen molar-refractivity contribution in [1.82, 2.24) is 15.0 Å². The van der Waals surface area contributed by atoms with E-state index in [1.165, 1.54) is 0 Å². The molecule has 0 radical (unpaired) electrons. The smallest absolute Gasteiger partial charge is 0.127 e. The Kier molecular flexibility index (Phi) is 4.62. The van der Waals surface area contributed by atoms with Crippen LogP contribution < -0.4 is 5.32 Å². The summed E-state index contributed by atoms with van der Waals surface area (Å²) in [6.07, 6.45) is 5.41. The fourth-order valence-electron chi connectivity index (χ4n) is 2.36. The molecule has 0 aliphatic heterocycles. The van der Waals surface area contributed by atoms with Crippen molar-refractivity contribution in [1.29, 1.82) is 0 Å². The zero-order chi connectivity index (χ0) is 17.2. The standard InChI is InChI=1S/C19H19BrN4/c1-19(2,3)24-18-10-13(14-8-15(20)12-21-11-14)9-17(23-18)16-6-4-5-7-22-16/h4-12H,1-3H3,(H,23,24). The molecule has 5 heteroatoms. The lowest BCUT2D eigenvalue weighted by Crippen LogP contribution is -2.26. The van der Waals surface area contributed by atoms with E-state index in [1.54, 1.807) is 12.4 Å². The van der Waals surface area contributed by atoms with Gasteiger partial charge in [0.05, 0.1) is 11.4 Å². The van der Waals surface area contributed by atoms with Crippen LogP contribution in [0.4, 0.5) is 5.82 Å². The molecule has 0 spiro atoms. The molecule has 3 rings (SSSR count). The molecule has 3 heterocycles. The maximum Gasteiger partial charge on any atom is 0.127 e. The van der Waals surface area contributed by atoms with Gasteiger partial charge < -0.3 is 5.32 Å².